The molecule has 43 heavy (non-hydrogen) atoms. The third kappa shape index (κ3) is 12.6. The number of phosphoric acid groups is 1. The second-order valence-electron chi connectivity index (χ2n) is 9.34. The van der Waals surface area contributed by atoms with Gasteiger partial charge in [0.25, 0.3) is 0 Å². The Morgan fingerprint density at radius 3 is 1.77 bits per heavy atom. The third-order valence-corrected chi connectivity index (χ3v) is 10.9. The summed E-state index contributed by atoms with van der Waals surface area (Å²) < 4.78 is 40.7. The molecule has 0 N–H and O–H groups in total. The van der Waals surface area contributed by atoms with Crippen LogP contribution in [0.15, 0.2) is 113 Å². The normalized spacial score (nSPS) is 11.7. The van der Waals surface area contributed by atoms with E-state index in [-0.39, 0.29) is 0 Å². The molecule has 0 aliphatic heterocycles. The number of rotatable bonds is 13. The molecule has 0 fully saturated rings. The summed E-state index contributed by atoms with van der Waals surface area (Å²) in [7, 11) is -3.76. The van der Waals surface area contributed by atoms with Crippen LogP contribution in [0.1, 0.15) is 39.5 Å². The highest BCUT2D eigenvalue weighted by Crippen LogP contribution is 2.50. The fraction of sp³-hybridized carbons (Fsp3) is 0.250. The maximum absolute atomic E-state index is 13.2. The third-order valence-electron chi connectivity index (χ3n) is 6.02. The average Bonchev–Trinajstić information content (AvgIpc) is 2.98. The Balaban J connectivity index is 0.000000248. The van der Waals surface area contributed by atoms with Crippen LogP contribution in [-0.2, 0) is 9.09 Å². The van der Waals surface area contributed by atoms with E-state index in [1.54, 1.807) is 24.3 Å². The number of ether oxygens (including phenoxy) is 1. The molecule has 0 spiro atoms. The number of para-hydroxylation sites is 2. The molecule has 4 aromatic rings. The molecule has 0 aliphatic carbocycles. The van der Waals surface area contributed by atoms with Gasteiger partial charge in [-0.05, 0) is 131 Å². The Morgan fingerprint density at radius 2 is 1.23 bits per heavy atom. The first-order valence-electron chi connectivity index (χ1n) is 13.6. The molecule has 0 aromatic heterocycles. The van der Waals surface area contributed by atoms with Crippen LogP contribution in [0, 0.1) is 5.92 Å². The van der Waals surface area contributed by atoms with Gasteiger partial charge in [-0.1, -0.05) is 85.4 Å². The van der Waals surface area contributed by atoms with Gasteiger partial charge in [-0.25, -0.2) is 4.57 Å². The molecule has 5 nitrogen and oxygen atoms in total. The summed E-state index contributed by atoms with van der Waals surface area (Å²) in [5.74, 6) is 2.76. The number of phosphoric ester groups is 1. The summed E-state index contributed by atoms with van der Waals surface area (Å²) >= 11 is 17.3. The van der Waals surface area contributed by atoms with E-state index in [0.717, 1.165) is 59.5 Å². The van der Waals surface area contributed by atoms with Crippen molar-refractivity contribution in [1.82, 2.24) is 0 Å². The summed E-state index contributed by atoms with van der Waals surface area (Å²) in [6.07, 6.45) is 4.28. The van der Waals surface area contributed by atoms with Gasteiger partial charge in [-0.2, -0.15) is 0 Å². The topological polar surface area (TPSA) is 54.0 Å². The Bertz CT molecular complexity index is 1430. The monoisotopic (exact) mass is 922 g/mol. The maximum Gasteiger partial charge on any atom is 0.587 e. The molecule has 230 valence electrons. The quantitative estimate of drug-likeness (QED) is 0.0988. The van der Waals surface area contributed by atoms with Crippen molar-refractivity contribution in [2.24, 2.45) is 5.92 Å². The van der Waals surface area contributed by atoms with Crippen LogP contribution >= 0.6 is 87.5 Å². The fourth-order valence-electron chi connectivity index (χ4n) is 3.65. The van der Waals surface area contributed by atoms with Crippen molar-refractivity contribution >= 4 is 87.5 Å². The molecule has 0 bridgehead atoms. The lowest BCUT2D eigenvalue weighted by molar-refractivity contribution is 0.170. The van der Waals surface area contributed by atoms with E-state index in [9.17, 15) is 4.57 Å². The lowest BCUT2D eigenvalue weighted by atomic mass is 10.0. The van der Waals surface area contributed by atoms with Gasteiger partial charge in [-0.15, -0.1) is 0 Å². The standard InChI is InChI=1S/C20H27O4P.C12H5Br5O/c1-3-5-12-18(4-2)17-22-25(21,23-19-13-8-6-9-14-19)24-20-15-10-7-11-16-20;13-6-1-2-11(9(16)3-6)18-12-5-8(15)7(14)4-10(12)17/h6-11,13-16,18H,3-5,12,17H2,1-2H3;1-5H. The highest BCUT2D eigenvalue weighted by molar-refractivity contribution is 9.13. The SMILES string of the molecule is Brc1ccc(Oc2cc(Br)c(Br)cc2Br)c(Br)c1.CCCCC(CC)COP(=O)(Oc1ccccc1)Oc1ccccc1. The van der Waals surface area contributed by atoms with Gasteiger partial charge in [-0.3, -0.25) is 4.52 Å². The van der Waals surface area contributed by atoms with Crippen molar-refractivity contribution in [3.05, 3.63) is 113 Å². The molecule has 0 amide bonds. The summed E-state index contributed by atoms with van der Waals surface area (Å²) in [6, 6.07) is 27.6. The van der Waals surface area contributed by atoms with Crippen molar-refractivity contribution < 1.29 is 22.9 Å². The lowest BCUT2D eigenvalue weighted by Gasteiger charge is -2.21. The minimum absolute atomic E-state index is 0.340. The van der Waals surface area contributed by atoms with Crippen molar-refractivity contribution in [3.8, 4) is 23.0 Å². The molecule has 1 atom stereocenters. The van der Waals surface area contributed by atoms with Crippen LogP contribution in [0.4, 0.5) is 0 Å². The number of halogens is 5. The van der Waals surface area contributed by atoms with E-state index in [0.29, 0.717) is 24.0 Å². The summed E-state index contributed by atoms with van der Waals surface area (Å²) in [5, 5.41) is 0. The van der Waals surface area contributed by atoms with Crippen LogP contribution in [0.25, 0.3) is 0 Å². The summed E-state index contributed by atoms with van der Waals surface area (Å²) in [4.78, 5) is 0. The van der Waals surface area contributed by atoms with Gasteiger partial charge in [0, 0.05) is 13.4 Å². The molecule has 0 aliphatic rings. The minimum Gasteiger partial charge on any atom is -0.455 e. The zero-order valence-electron chi connectivity index (χ0n) is 23.7. The zero-order valence-corrected chi connectivity index (χ0v) is 32.5. The largest absolute Gasteiger partial charge is 0.587 e. The lowest BCUT2D eigenvalue weighted by Crippen LogP contribution is -2.12. The highest BCUT2D eigenvalue weighted by Gasteiger charge is 2.32. The van der Waals surface area contributed by atoms with Crippen LogP contribution in [0.3, 0.4) is 0 Å². The Hall–Kier alpha value is -1.13. The van der Waals surface area contributed by atoms with Gasteiger partial charge in [0.05, 0.1) is 15.6 Å². The van der Waals surface area contributed by atoms with Gasteiger partial charge in [0.2, 0.25) is 0 Å². The van der Waals surface area contributed by atoms with E-state index in [1.807, 2.05) is 66.7 Å². The molecule has 0 radical (unpaired) electrons. The van der Waals surface area contributed by atoms with Crippen molar-refractivity contribution in [1.29, 1.82) is 0 Å². The Kier molecular flexibility index (Phi) is 15.8. The van der Waals surface area contributed by atoms with E-state index >= 15 is 0 Å². The second-order valence-corrected chi connectivity index (χ2v) is 15.2. The van der Waals surface area contributed by atoms with Crippen LogP contribution in [0.5, 0.6) is 23.0 Å². The van der Waals surface area contributed by atoms with Crippen molar-refractivity contribution in [2.75, 3.05) is 6.61 Å². The fourth-order valence-corrected chi connectivity index (χ4v) is 7.47. The van der Waals surface area contributed by atoms with Crippen LogP contribution < -0.4 is 13.8 Å². The Labute approximate surface area is 296 Å². The Morgan fingerprint density at radius 1 is 0.674 bits per heavy atom. The molecule has 4 rings (SSSR count). The molecule has 0 saturated carbocycles. The average molecular weight is 927 g/mol. The number of benzene rings is 4. The molecule has 0 heterocycles. The number of unbranched alkanes of at least 4 members (excludes halogenated alkanes) is 1. The predicted molar refractivity (Wildman–Crippen MR) is 192 cm³/mol. The van der Waals surface area contributed by atoms with Crippen LogP contribution in [0.2, 0.25) is 0 Å². The second kappa shape index (κ2) is 18.7. The van der Waals surface area contributed by atoms with Crippen molar-refractivity contribution in [2.45, 2.75) is 39.5 Å². The van der Waals surface area contributed by atoms with Gasteiger partial charge in [0.1, 0.15) is 23.0 Å². The van der Waals surface area contributed by atoms with Crippen LogP contribution in [-0.4, -0.2) is 6.61 Å². The van der Waals surface area contributed by atoms with Gasteiger partial charge in [0.15, 0.2) is 0 Å². The first kappa shape index (κ1) is 36.3. The minimum atomic E-state index is -3.76. The van der Waals surface area contributed by atoms with Gasteiger partial charge >= 0.3 is 7.82 Å². The smallest absolute Gasteiger partial charge is 0.455 e. The summed E-state index contributed by atoms with van der Waals surface area (Å²) in [6.45, 7) is 4.63. The van der Waals surface area contributed by atoms with E-state index in [1.165, 1.54) is 0 Å². The molecule has 1 unspecified atom stereocenters. The summed E-state index contributed by atoms with van der Waals surface area (Å²) in [5.41, 5.74) is 0. The number of hydrogen-bond donors (Lipinski definition) is 0. The van der Waals surface area contributed by atoms with Gasteiger partial charge < -0.3 is 13.8 Å². The maximum atomic E-state index is 13.2. The molecule has 0 saturated heterocycles. The van der Waals surface area contributed by atoms with Crippen molar-refractivity contribution in [3.63, 3.8) is 0 Å². The zero-order chi connectivity index (χ0) is 31.2. The highest BCUT2D eigenvalue weighted by atomic mass is 79.9. The molecule has 11 heteroatoms. The molecular weight excluding hydrogens is 895 g/mol. The first-order chi connectivity index (χ1) is 20.6. The van der Waals surface area contributed by atoms with E-state index in [2.05, 4.69) is 93.5 Å². The predicted octanol–water partition coefficient (Wildman–Crippen LogP) is 13.8. The molecular formula is C32H32Br5O5P. The first-order valence-corrected chi connectivity index (χ1v) is 19.1. The molecule has 4 aromatic carbocycles. The van der Waals surface area contributed by atoms with E-state index < -0.39 is 7.82 Å². The van der Waals surface area contributed by atoms with E-state index in [4.69, 9.17) is 18.3 Å². The number of hydrogen-bond acceptors (Lipinski definition) is 5.